The third kappa shape index (κ3) is 8.15. The van der Waals surface area contributed by atoms with Crippen molar-refractivity contribution >= 4 is 38.9 Å². The molecule has 1 aromatic carbocycles. The summed E-state index contributed by atoms with van der Waals surface area (Å²) in [6.07, 6.45) is -0.760. The monoisotopic (exact) mass is 444 g/mol. The van der Waals surface area contributed by atoms with Gasteiger partial charge in [0, 0.05) is 24.5 Å². The first-order valence-electron chi connectivity index (χ1n) is 8.86. The number of hydrogen-bond donors (Lipinski definition) is 4. The molecule has 0 fully saturated rings. The molecule has 2 rings (SSSR count). The van der Waals surface area contributed by atoms with Gasteiger partial charge in [-0.25, -0.2) is 13.1 Å². The second-order valence-electron chi connectivity index (χ2n) is 5.93. The molecule has 4 N–H and O–H groups in total. The van der Waals surface area contributed by atoms with Gasteiger partial charge in [-0.3, -0.25) is 4.99 Å². The van der Waals surface area contributed by atoms with Gasteiger partial charge < -0.3 is 15.7 Å². The number of rotatable bonds is 10. The van der Waals surface area contributed by atoms with Crippen molar-refractivity contribution in [2.24, 2.45) is 4.99 Å². The molecular weight excluding hydrogens is 420 g/mol. The summed E-state index contributed by atoms with van der Waals surface area (Å²) in [4.78, 5) is 5.04. The molecule has 0 aliphatic heterocycles. The highest BCUT2D eigenvalue weighted by atomic mass is 35.5. The van der Waals surface area contributed by atoms with Crippen LogP contribution in [-0.4, -0.2) is 44.9 Å². The molecule has 1 aromatic heterocycles. The van der Waals surface area contributed by atoms with Crippen molar-refractivity contribution in [1.29, 1.82) is 0 Å². The van der Waals surface area contributed by atoms with Crippen LogP contribution in [0.25, 0.3) is 0 Å². The summed E-state index contributed by atoms with van der Waals surface area (Å²) in [7, 11) is -3.42. The van der Waals surface area contributed by atoms with Crippen molar-refractivity contribution in [1.82, 2.24) is 15.4 Å². The molecule has 0 radical (unpaired) electrons. The zero-order valence-electron chi connectivity index (χ0n) is 15.6. The molecule has 28 heavy (non-hydrogen) atoms. The zero-order chi connectivity index (χ0) is 20.4. The molecule has 1 unspecified atom stereocenters. The van der Waals surface area contributed by atoms with Gasteiger partial charge in [-0.2, -0.15) is 0 Å². The Kier molecular flexibility index (Phi) is 9.20. The number of aliphatic imine (C=N–C) groups is 1. The van der Waals surface area contributed by atoms with Crippen molar-refractivity contribution in [2.45, 2.75) is 19.6 Å². The number of guanidine groups is 1. The fourth-order valence-electron chi connectivity index (χ4n) is 2.28. The highest BCUT2D eigenvalue weighted by Crippen LogP contribution is 2.26. The minimum Gasteiger partial charge on any atom is -0.386 e. The number of hydrogen-bond acceptors (Lipinski definition) is 5. The van der Waals surface area contributed by atoms with Crippen molar-refractivity contribution in [3.8, 4) is 0 Å². The van der Waals surface area contributed by atoms with E-state index in [-0.39, 0.29) is 25.4 Å². The molecule has 0 saturated carbocycles. The Bertz CT molecular complexity index is 857. The summed E-state index contributed by atoms with van der Waals surface area (Å²) in [6, 6.07) is 12.8. The first-order chi connectivity index (χ1) is 13.4. The Balaban J connectivity index is 1.81. The molecular formula is C18H25ClN4O3S2. The number of halogens is 1. The number of benzene rings is 1. The highest BCUT2D eigenvalue weighted by Gasteiger charge is 2.12. The second-order valence-corrected chi connectivity index (χ2v) is 9.60. The van der Waals surface area contributed by atoms with Crippen LogP contribution in [0.2, 0.25) is 4.34 Å². The predicted molar refractivity (Wildman–Crippen MR) is 115 cm³/mol. The van der Waals surface area contributed by atoms with Crippen molar-refractivity contribution in [3.05, 3.63) is 57.2 Å². The quantitative estimate of drug-likeness (QED) is 0.332. The van der Waals surface area contributed by atoms with Crippen LogP contribution >= 0.6 is 22.9 Å². The second kappa shape index (κ2) is 11.4. The van der Waals surface area contributed by atoms with Crippen LogP contribution in [0.5, 0.6) is 0 Å². The van der Waals surface area contributed by atoms with Gasteiger partial charge in [0.1, 0.15) is 6.10 Å². The maximum Gasteiger partial charge on any atom is 0.213 e. The number of aliphatic hydroxyl groups is 1. The Morgan fingerprint density at radius 2 is 1.96 bits per heavy atom. The Morgan fingerprint density at radius 3 is 2.61 bits per heavy atom. The number of thiophene rings is 1. The van der Waals surface area contributed by atoms with E-state index in [1.165, 1.54) is 11.3 Å². The van der Waals surface area contributed by atoms with E-state index < -0.39 is 16.1 Å². The molecule has 1 heterocycles. The average Bonchev–Trinajstić information content (AvgIpc) is 3.11. The average molecular weight is 445 g/mol. The van der Waals surface area contributed by atoms with Crippen LogP contribution in [0.4, 0.5) is 0 Å². The molecule has 10 heteroatoms. The van der Waals surface area contributed by atoms with Crippen LogP contribution in [0.3, 0.4) is 0 Å². The van der Waals surface area contributed by atoms with E-state index in [0.29, 0.717) is 16.8 Å². The van der Waals surface area contributed by atoms with Crippen LogP contribution in [-0.2, 0) is 16.6 Å². The fourth-order valence-corrected chi connectivity index (χ4v) is 4.22. The molecule has 0 saturated heterocycles. The summed E-state index contributed by atoms with van der Waals surface area (Å²) in [5.74, 6) is 0.357. The molecule has 0 aliphatic rings. The van der Waals surface area contributed by atoms with Gasteiger partial charge in [0.2, 0.25) is 10.0 Å². The lowest BCUT2D eigenvalue weighted by Gasteiger charge is -2.13. The first-order valence-corrected chi connectivity index (χ1v) is 11.7. The van der Waals surface area contributed by atoms with Crippen LogP contribution in [0.15, 0.2) is 47.5 Å². The summed E-state index contributed by atoms with van der Waals surface area (Å²) < 4.78 is 27.5. The lowest BCUT2D eigenvalue weighted by Crippen LogP contribution is -2.41. The third-order valence-corrected chi connectivity index (χ3v) is 6.35. The molecule has 154 valence electrons. The summed E-state index contributed by atoms with van der Waals surface area (Å²) >= 11 is 7.18. The van der Waals surface area contributed by atoms with Gasteiger partial charge in [-0.1, -0.05) is 41.9 Å². The van der Waals surface area contributed by atoms with E-state index in [1.807, 2.05) is 37.3 Å². The van der Waals surface area contributed by atoms with Gasteiger partial charge in [-0.15, -0.1) is 11.3 Å². The summed E-state index contributed by atoms with van der Waals surface area (Å²) in [5, 5.41) is 16.2. The van der Waals surface area contributed by atoms with Crippen LogP contribution < -0.4 is 15.4 Å². The maximum atomic E-state index is 12.1. The number of nitrogens with zero attached hydrogens (tertiary/aromatic N) is 1. The maximum absolute atomic E-state index is 12.1. The van der Waals surface area contributed by atoms with Gasteiger partial charge in [0.15, 0.2) is 5.96 Å². The third-order valence-electron chi connectivity index (χ3n) is 3.69. The van der Waals surface area contributed by atoms with E-state index >= 15 is 0 Å². The van der Waals surface area contributed by atoms with E-state index in [0.717, 1.165) is 10.4 Å². The molecule has 0 amide bonds. The highest BCUT2D eigenvalue weighted by molar-refractivity contribution is 7.89. The van der Waals surface area contributed by atoms with Crippen LogP contribution in [0, 0.1) is 0 Å². The minimum atomic E-state index is -3.42. The Labute approximate surface area is 174 Å². The van der Waals surface area contributed by atoms with Gasteiger partial charge in [-0.05, 0) is 24.6 Å². The summed E-state index contributed by atoms with van der Waals surface area (Å²) in [6.45, 7) is 3.12. The Morgan fingerprint density at radius 1 is 1.21 bits per heavy atom. The fraction of sp³-hybridized carbons (Fsp3) is 0.389. The molecule has 0 bridgehead atoms. The number of aliphatic hydroxyl groups excluding tert-OH is 1. The lowest BCUT2D eigenvalue weighted by molar-refractivity contribution is 0.191. The SMILES string of the molecule is CCNC(=NCC(O)c1ccc(Cl)s1)NCCS(=O)(=O)NCc1ccccc1. The normalized spacial score (nSPS) is 13.3. The van der Waals surface area contributed by atoms with E-state index in [1.54, 1.807) is 12.1 Å². The van der Waals surface area contributed by atoms with E-state index in [4.69, 9.17) is 11.6 Å². The summed E-state index contributed by atoms with van der Waals surface area (Å²) in [5.41, 5.74) is 0.900. The Hall–Kier alpha value is -1.65. The minimum absolute atomic E-state index is 0.0899. The van der Waals surface area contributed by atoms with Gasteiger partial charge >= 0.3 is 0 Å². The molecule has 0 aliphatic carbocycles. The van der Waals surface area contributed by atoms with Crippen molar-refractivity contribution in [3.63, 3.8) is 0 Å². The van der Waals surface area contributed by atoms with E-state index in [9.17, 15) is 13.5 Å². The smallest absolute Gasteiger partial charge is 0.213 e. The number of nitrogens with one attached hydrogen (secondary N) is 3. The first kappa shape index (κ1) is 22.6. The van der Waals surface area contributed by atoms with Crippen molar-refractivity contribution < 1.29 is 13.5 Å². The lowest BCUT2D eigenvalue weighted by atomic mass is 10.2. The zero-order valence-corrected chi connectivity index (χ0v) is 17.9. The molecule has 7 nitrogen and oxygen atoms in total. The standard InChI is InChI=1S/C18H25ClN4O3S2/c1-2-20-18(22-13-15(24)16-8-9-17(19)27-16)21-10-11-28(25,26)23-12-14-6-4-3-5-7-14/h3-9,15,23-24H,2,10-13H2,1H3,(H2,20,21,22). The van der Waals surface area contributed by atoms with Gasteiger partial charge in [0.05, 0.1) is 16.6 Å². The van der Waals surface area contributed by atoms with E-state index in [2.05, 4.69) is 20.3 Å². The molecule has 2 aromatic rings. The largest absolute Gasteiger partial charge is 0.386 e. The molecule has 0 spiro atoms. The predicted octanol–water partition coefficient (Wildman–Crippen LogP) is 2.11. The van der Waals surface area contributed by atoms with Crippen LogP contribution in [0.1, 0.15) is 23.5 Å². The topological polar surface area (TPSA) is 103 Å². The molecule has 1 atom stereocenters. The van der Waals surface area contributed by atoms with Crippen molar-refractivity contribution in [2.75, 3.05) is 25.4 Å². The number of sulfonamides is 1. The van der Waals surface area contributed by atoms with Gasteiger partial charge in [0.25, 0.3) is 0 Å².